The minimum absolute atomic E-state index is 0.0658. The number of hydrogen-bond acceptors (Lipinski definition) is 5. The van der Waals surface area contributed by atoms with Crippen molar-refractivity contribution in [2.24, 2.45) is 0 Å². The van der Waals surface area contributed by atoms with Crippen LogP contribution in [0, 0.1) is 11.3 Å². The molecular formula is C17H20N2O3. The van der Waals surface area contributed by atoms with Gasteiger partial charge in [0.05, 0.1) is 12.7 Å². The Bertz CT molecular complexity index is 584. The Morgan fingerprint density at radius 1 is 1.45 bits per heavy atom. The molecule has 0 spiro atoms. The second kappa shape index (κ2) is 8.08. The van der Waals surface area contributed by atoms with E-state index in [4.69, 9.17) is 14.7 Å². The van der Waals surface area contributed by atoms with Crippen molar-refractivity contribution in [2.45, 2.75) is 38.7 Å². The molecule has 5 nitrogen and oxygen atoms in total. The predicted octanol–water partition coefficient (Wildman–Crippen LogP) is 3.39. The number of nitrogens with one attached hydrogen (secondary N) is 1. The molecule has 5 heteroatoms. The van der Waals surface area contributed by atoms with Crippen LogP contribution in [0.2, 0.25) is 0 Å². The van der Waals surface area contributed by atoms with Gasteiger partial charge in [-0.15, -0.1) is 0 Å². The molecule has 1 aliphatic rings. The van der Waals surface area contributed by atoms with Gasteiger partial charge in [-0.3, -0.25) is 0 Å². The molecule has 0 radical (unpaired) electrons. The first-order chi connectivity index (χ1) is 10.7. The Balaban J connectivity index is 2.00. The largest absolute Gasteiger partial charge is 0.490 e. The van der Waals surface area contributed by atoms with E-state index in [1.165, 1.54) is 19.0 Å². The molecule has 0 unspecified atom stereocenters. The molecule has 1 fully saturated rings. The third-order valence-electron chi connectivity index (χ3n) is 3.44. The van der Waals surface area contributed by atoms with Crippen molar-refractivity contribution in [3.05, 3.63) is 36.0 Å². The first-order valence-electron chi connectivity index (χ1n) is 7.53. The van der Waals surface area contributed by atoms with Gasteiger partial charge in [-0.05, 0) is 44.7 Å². The van der Waals surface area contributed by atoms with Gasteiger partial charge >= 0.3 is 5.97 Å². The normalized spacial score (nSPS) is 15.2. The Kier molecular flexibility index (Phi) is 5.84. The number of rotatable bonds is 6. The highest BCUT2D eigenvalue weighted by Gasteiger charge is 2.16. The second-order valence-corrected chi connectivity index (χ2v) is 5.09. The van der Waals surface area contributed by atoms with E-state index < -0.39 is 5.97 Å². The summed E-state index contributed by atoms with van der Waals surface area (Å²) >= 11 is 0. The fraction of sp³-hybridized carbons (Fsp3) is 0.412. The predicted molar refractivity (Wildman–Crippen MR) is 83.3 cm³/mol. The molecule has 1 saturated carbocycles. The lowest BCUT2D eigenvalue weighted by Crippen LogP contribution is -2.11. The Morgan fingerprint density at radius 2 is 2.23 bits per heavy atom. The SMILES string of the molecule is CCOC(=O)C(C#N)=CNc1cccc(OC2CCCC2)c1. The molecule has 0 atom stereocenters. The molecule has 22 heavy (non-hydrogen) atoms. The molecule has 0 saturated heterocycles. The molecule has 0 aliphatic heterocycles. The number of hydrogen-bond donors (Lipinski definition) is 1. The molecule has 1 aromatic rings. The minimum Gasteiger partial charge on any atom is -0.490 e. The summed E-state index contributed by atoms with van der Waals surface area (Å²) in [5.41, 5.74) is 0.691. The van der Waals surface area contributed by atoms with E-state index in [-0.39, 0.29) is 12.2 Å². The van der Waals surface area contributed by atoms with Crippen molar-refractivity contribution in [3.63, 3.8) is 0 Å². The molecule has 0 aromatic heterocycles. The van der Waals surface area contributed by atoms with Crippen LogP contribution in [0.15, 0.2) is 36.0 Å². The number of carbonyl (C=O) groups excluding carboxylic acids is 1. The summed E-state index contributed by atoms with van der Waals surface area (Å²) in [6.07, 6.45) is 6.28. The van der Waals surface area contributed by atoms with Gasteiger partial charge in [0.15, 0.2) is 5.57 Å². The summed E-state index contributed by atoms with van der Waals surface area (Å²) in [6.45, 7) is 1.94. The van der Waals surface area contributed by atoms with Crippen molar-refractivity contribution in [3.8, 4) is 11.8 Å². The van der Waals surface area contributed by atoms with E-state index in [0.717, 1.165) is 24.3 Å². The summed E-state index contributed by atoms with van der Waals surface area (Å²) in [6, 6.07) is 9.30. The molecule has 1 N–H and O–H groups in total. The first kappa shape index (κ1) is 15.9. The second-order valence-electron chi connectivity index (χ2n) is 5.09. The standard InChI is InChI=1S/C17H20N2O3/c1-2-21-17(20)13(11-18)12-19-14-6-5-9-16(10-14)22-15-7-3-4-8-15/h5-6,9-10,12,15,19H,2-4,7-8H2,1H3. The van der Waals surface area contributed by atoms with Gasteiger partial charge in [0.25, 0.3) is 0 Å². The minimum atomic E-state index is -0.629. The fourth-order valence-electron chi connectivity index (χ4n) is 2.36. The highest BCUT2D eigenvalue weighted by atomic mass is 16.5. The lowest BCUT2D eigenvalue weighted by molar-refractivity contribution is -0.138. The van der Waals surface area contributed by atoms with Crippen LogP contribution in [0.25, 0.3) is 0 Å². The maximum absolute atomic E-state index is 11.5. The van der Waals surface area contributed by atoms with Crippen molar-refractivity contribution in [2.75, 3.05) is 11.9 Å². The Hall–Kier alpha value is -2.48. The smallest absolute Gasteiger partial charge is 0.350 e. The van der Waals surface area contributed by atoms with E-state index in [0.29, 0.717) is 6.10 Å². The van der Waals surface area contributed by atoms with E-state index in [2.05, 4.69) is 5.32 Å². The molecule has 1 aliphatic carbocycles. The number of nitriles is 1. The number of ether oxygens (including phenoxy) is 2. The Labute approximate surface area is 130 Å². The lowest BCUT2D eigenvalue weighted by Gasteiger charge is -2.13. The molecule has 0 heterocycles. The van der Waals surface area contributed by atoms with Crippen LogP contribution in [0.5, 0.6) is 5.75 Å². The Morgan fingerprint density at radius 3 is 2.91 bits per heavy atom. The zero-order valence-corrected chi connectivity index (χ0v) is 12.7. The lowest BCUT2D eigenvalue weighted by atomic mass is 10.2. The van der Waals surface area contributed by atoms with Gasteiger partial charge in [0, 0.05) is 18.0 Å². The van der Waals surface area contributed by atoms with E-state index in [1.54, 1.807) is 6.92 Å². The van der Waals surface area contributed by atoms with E-state index in [9.17, 15) is 4.79 Å². The third-order valence-corrected chi connectivity index (χ3v) is 3.44. The van der Waals surface area contributed by atoms with Crippen molar-refractivity contribution < 1.29 is 14.3 Å². The summed E-state index contributed by atoms with van der Waals surface area (Å²) in [5.74, 6) is 0.163. The van der Waals surface area contributed by atoms with Gasteiger partial charge < -0.3 is 14.8 Å². The molecular weight excluding hydrogens is 280 g/mol. The van der Waals surface area contributed by atoms with Crippen LogP contribution in [-0.4, -0.2) is 18.7 Å². The molecule has 1 aromatic carbocycles. The zero-order valence-electron chi connectivity index (χ0n) is 12.7. The van der Waals surface area contributed by atoms with Crippen molar-refractivity contribution >= 4 is 11.7 Å². The van der Waals surface area contributed by atoms with Crippen LogP contribution in [0.1, 0.15) is 32.6 Å². The maximum Gasteiger partial charge on any atom is 0.350 e. The summed E-state index contributed by atoms with van der Waals surface area (Å²) < 4.78 is 10.7. The molecule has 0 bridgehead atoms. The van der Waals surface area contributed by atoms with Crippen LogP contribution >= 0.6 is 0 Å². The van der Waals surface area contributed by atoms with Gasteiger partial charge in [-0.1, -0.05) is 6.07 Å². The molecule has 116 valence electrons. The maximum atomic E-state index is 11.5. The van der Waals surface area contributed by atoms with Crippen LogP contribution in [0.4, 0.5) is 5.69 Å². The highest BCUT2D eigenvalue weighted by molar-refractivity contribution is 5.93. The summed E-state index contributed by atoms with van der Waals surface area (Å²) in [4.78, 5) is 11.5. The molecule has 2 rings (SSSR count). The van der Waals surface area contributed by atoms with Crippen molar-refractivity contribution in [1.82, 2.24) is 0 Å². The fourth-order valence-corrected chi connectivity index (χ4v) is 2.36. The number of nitrogens with zero attached hydrogens (tertiary/aromatic N) is 1. The zero-order chi connectivity index (χ0) is 15.8. The van der Waals surface area contributed by atoms with Gasteiger partial charge in [-0.25, -0.2) is 4.79 Å². The van der Waals surface area contributed by atoms with Gasteiger partial charge in [0.1, 0.15) is 11.8 Å². The highest BCUT2D eigenvalue weighted by Crippen LogP contribution is 2.25. The number of carbonyl (C=O) groups is 1. The van der Waals surface area contributed by atoms with Crippen LogP contribution in [0.3, 0.4) is 0 Å². The number of esters is 1. The quantitative estimate of drug-likeness (QED) is 0.495. The van der Waals surface area contributed by atoms with Crippen molar-refractivity contribution in [1.29, 1.82) is 5.26 Å². The molecule has 0 amide bonds. The van der Waals surface area contributed by atoms with Gasteiger partial charge in [0.2, 0.25) is 0 Å². The van der Waals surface area contributed by atoms with Crippen LogP contribution in [-0.2, 0) is 9.53 Å². The van der Waals surface area contributed by atoms with E-state index in [1.807, 2.05) is 30.3 Å². The third kappa shape index (κ3) is 4.52. The monoisotopic (exact) mass is 300 g/mol. The number of anilines is 1. The average molecular weight is 300 g/mol. The number of benzene rings is 1. The first-order valence-corrected chi connectivity index (χ1v) is 7.53. The topological polar surface area (TPSA) is 71.4 Å². The average Bonchev–Trinajstić information content (AvgIpc) is 3.01. The summed E-state index contributed by atoms with van der Waals surface area (Å²) in [5, 5.41) is 11.9. The van der Waals surface area contributed by atoms with Gasteiger partial charge in [-0.2, -0.15) is 5.26 Å². The van der Waals surface area contributed by atoms with Crippen LogP contribution < -0.4 is 10.1 Å². The summed E-state index contributed by atoms with van der Waals surface area (Å²) in [7, 11) is 0. The van der Waals surface area contributed by atoms with E-state index >= 15 is 0 Å².